The minimum absolute atomic E-state index is 0.806. The molecular formula is C13H28GaN. The van der Waals surface area contributed by atoms with Crippen LogP contribution < -0.4 is 0 Å². The van der Waals surface area contributed by atoms with Gasteiger partial charge in [-0.05, 0) is 0 Å². The number of nitrogens with zero attached hydrogens (tertiary/aromatic N) is 1. The van der Waals surface area contributed by atoms with Gasteiger partial charge in [0.05, 0.1) is 0 Å². The van der Waals surface area contributed by atoms with Crippen LogP contribution in [-0.4, -0.2) is 40.2 Å². The number of rotatable bonds is 5. The van der Waals surface area contributed by atoms with Crippen LogP contribution >= 0.6 is 0 Å². The van der Waals surface area contributed by atoms with Gasteiger partial charge in [0, 0.05) is 0 Å². The van der Waals surface area contributed by atoms with Crippen LogP contribution in [0.2, 0.25) is 15.9 Å². The van der Waals surface area contributed by atoms with E-state index in [0.717, 1.165) is 12.0 Å². The summed E-state index contributed by atoms with van der Waals surface area (Å²) in [5.74, 6) is 1.05. The molecule has 1 rings (SSSR count). The zero-order chi connectivity index (χ0) is 11.3. The van der Waals surface area contributed by atoms with Crippen molar-refractivity contribution in [2.45, 2.75) is 61.5 Å². The van der Waals surface area contributed by atoms with Crippen molar-refractivity contribution in [3.8, 4) is 0 Å². The van der Waals surface area contributed by atoms with Gasteiger partial charge in [0.2, 0.25) is 0 Å². The molecule has 2 unspecified atom stereocenters. The Bertz CT molecular complexity index is 166. The molecule has 0 spiro atoms. The van der Waals surface area contributed by atoms with Crippen molar-refractivity contribution >= 4 is 16.2 Å². The van der Waals surface area contributed by atoms with E-state index >= 15 is 0 Å². The van der Waals surface area contributed by atoms with Crippen LogP contribution in [0.5, 0.6) is 0 Å². The van der Waals surface area contributed by atoms with Crippen LogP contribution in [0.25, 0.3) is 0 Å². The van der Waals surface area contributed by atoms with E-state index in [0.29, 0.717) is 0 Å². The summed E-state index contributed by atoms with van der Waals surface area (Å²) in [4.78, 5) is 4.34. The fourth-order valence-corrected chi connectivity index (χ4v) is 6.94. The van der Waals surface area contributed by atoms with Crippen molar-refractivity contribution in [1.29, 1.82) is 0 Å². The molecule has 1 fully saturated rings. The molecule has 0 aromatic carbocycles. The van der Waals surface area contributed by atoms with Crippen LogP contribution in [0.4, 0.5) is 0 Å². The predicted molar refractivity (Wildman–Crippen MR) is 71.0 cm³/mol. The molecule has 1 nitrogen and oxygen atoms in total. The second-order valence-corrected chi connectivity index (χ2v) is 12.3. The summed E-state index contributed by atoms with van der Waals surface area (Å²) in [6, 6.07) is 0.932. The molecule has 0 aromatic rings. The zero-order valence-electron chi connectivity index (χ0n) is 11.1. The van der Waals surface area contributed by atoms with E-state index in [2.05, 4.69) is 29.7 Å². The van der Waals surface area contributed by atoms with Crippen molar-refractivity contribution in [2.24, 2.45) is 5.92 Å². The molecule has 0 saturated heterocycles. The Balaban J connectivity index is 2.55. The van der Waals surface area contributed by atoms with E-state index in [4.69, 9.17) is 0 Å². The first-order valence-corrected chi connectivity index (χ1v) is 13.5. The Kier molecular flexibility index (Phi) is 6.40. The third-order valence-corrected chi connectivity index (χ3v) is 7.17. The normalized spacial score (nSPS) is 27.0. The Morgan fingerprint density at radius 1 is 1.07 bits per heavy atom. The Morgan fingerprint density at radius 3 is 2.20 bits per heavy atom. The molecule has 0 heterocycles. The maximum absolute atomic E-state index is 2.72. The molecule has 0 aliphatic heterocycles. The average Bonchev–Trinajstić information content (AvgIpc) is 2.21. The van der Waals surface area contributed by atoms with Crippen molar-refractivity contribution in [3.63, 3.8) is 0 Å². The molecular weight excluding hydrogens is 240 g/mol. The first kappa shape index (κ1) is 13.7. The van der Waals surface area contributed by atoms with Gasteiger partial charge < -0.3 is 0 Å². The van der Waals surface area contributed by atoms with Gasteiger partial charge in [0.25, 0.3) is 0 Å². The van der Waals surface area contributed by atoms with Gasteiger partial charge in [-0.2, -0.15) is 0 Å². The minimum atomic E-state index is -0.806. The Morgan fingerprint density at radius 2 is 1.67 bits per heavy atom. The van der Waals surface area contributed by atoms with E-state index in [9.17, 15) is 0 Å². The maximum atomic E-state index is 2.72. The standard InChI is InChI=1S/C11H22N.2CH3.Ga/c1-4-12(5-2)11-9-7-6-8-10(11)3;;;/h10-11H,3-9H2,1-2H3;2*1H3;. The molecule has 0 bridgehead atoms. The Labute approximate surface area is 102 Å². The first-order valence-electron chi connectivity index (χ1n) is 6.93. The zero-order valence-corrected chi connectivity index (χ0v) is 13.6. The van der Waals surface area contributed by atoms with Gasteiger partial charge in [0.1, 0.15) is 0 Å². The molecule has 1 saturated carbocycles. The van der Waals surface area contributed by atoms with Crippen molar-refractivity contribution < 1.29 is 0 Å². The van der Waals surface area contributed by atoms with E-state index in [1.165, 1.54) is 38.8 Å². The van der Waals surface area contributed by atoms with Crippen molar-refractivity contribution in [1.82, 2.24) is 4.90 Å². The fourth-order valence-electron chi connectivity index (χ4n) is 3.24. The van der Waals surface area contributed by atoms with Gasteiger partial charge in [-0.1, -0.05) is 0 Å². The molecule has 1 aliphatic carbocycles. The van der Waals surface area contributed by atoms with Crippen molar-refractivity contribution in [2.75, 3.05) is 13.1 Å². The summed E-state index contributed by atoms with van der Waals surface area (Å²) in [6.45, 7) is 7.16. The fraction of sp³-hybridized carbons (Fsp3) is 1.00. The van der Waals surface area contributed by atoms with Gasteiger partial charge in [-0.25, -0.2) is 0 Å². The first-order chi connectivity index (χ1) is 7.19. The summed E-state index contributed by atoms with van der Waals surface area (Å²) in [5.41, 5.74) is 5.11. The average molecular weight is 268 g/mol. The molecule has 2 atom stereocenters. The van der Waals surface area contributed by atoms with Gasteiger partial charge in [-0.15, -0.1) is 0 Å². The van der Waals surface area contributed by atoms with Crippen LogP contribution in [0.15, 0.2) is 0 Å². The van der Waals surface area contributed by atoms with E-state index in [-0.39, 0.29) is 0 Å². The molecule has 0 aromatic heterocycles. The summed E-state index contributed by atoms with van der Waals surface area (Å²) in [7, 11) is 0. The van der Waals surface area contributed by atoms with E-state index in [1.54, 1.807) is 4.98 Å². The molecule has 0 N–H and O–H groups in total. The summed E-state index contributed by atoms with van der Waals surface area (Å²) >= 11 is -0.806. The molecule has 15 heavy (non-hydrogen) atoms. The van der Waals surface area contributed by atoms with Gasteiger partial charge >= 0.3 is 102 Å². The van der Waals surface area contributed by atoms with Gasteiger partial charge in [0.15, 0.2) is 0 Å². The SMILES string of the molecule is CCN(CC)C1CCCCC1[CH2][Ga]([CH3])[CH3]. The summed E-state index contributed by atoms with van der Waals surface area (Å²) in [6.07, 6.45) is 5.96. The Hall–Kier alpha value is 0.596. The van der Waals surface area contributed by atoms with Crippen molar-refractivity contribution in [3.05, 3.63) is 0 Å². The van der Waals surface area contributed by atoms with Crippen LogP contribution in [0.1, 0.15) is 39.5 Å². The van der Waals surface area contributed by atoms with E-state index in [1.807, 2.05) is 0 Å². The topological polar surface area (TPSA) is 3.24 Å². The molecule has 2 heteroatoms. The van der Waals surface area contributed by atoms with Crippen LogP contribution in [0, 0.1) is 5.92 Å². The summed E-state index contributed by atoms with van der Waals surface area (Å²) < 4.78 is 0. The second-order valence-electron chi connectivity index (χ2n) is 5.46. The molecule has 1 aliphatic rings. The molecule has 0 radical (unpaired) electrons. The third kappa shape index (κ3) is 4.16. The quantitative estimate of drug-likeness (QED) is 0.688. The molecule has 88 valence electrons. The number of hydrogen-bond acceptors (Lipinski definition) is 1. The van der Waals surface area contributed by atoms with Crippen LogP contribution in [-0.2, 0) is 0 Å². The number of hydrogen-bond donors (Lipinski definition) is 0. The predicted octanol–water partition coefficient (Wildman–Crippen LogP) is 3.64. The molecule has 0 amide bonds. The van der Waals surface area contributed by atoms with Crippen LogP contribution in [0.3, 0.4) is 0 Å². The monoisotopic (exact) mass is 267 g/mol. The van der Waals surface area contributed by atoms with Gasteiger partial charge in [-0.3, -0.25) is 0 Å². The summed E-state index contributed by atoms with van der Waals surface area (Å²) in [5, 5.41) is 0. The second kappa shape index (κ2) is 7.03. The van der Waals surface area contributed by atoms with E-state index < -0.39 is 16.2 Å². The third-order valence-electron chi connectivity index (χ3n) is 3.92.